The highest BCUT2D eigenvalue weighted by Crippen LogP contribution is 2.27. The highest BCUT2D eigenvalue weighted by atomic mass is 35.5. The van der Waals surface area contributed by atoms with Gasteiger partial charge in [0.2, 0.25) is 5.13 Å². The van der Waals surface area contributed by atoms with Crippen molar-refractivity contribution in [3.8, 4) is 10.6 Å². The fourth-order valence-corrected chi connectivity index (χ4v) is 2.84. The molecule has 0 unspecified atom stereocenters. The summed E-state index contributed by atoms with van der Waals surface area (Å²) < 4.78 is 0. The molecule has 1 aromatic heterocycles. The normalized spacial score (nSPS) is 10.5. The van der Waals surface area contributed by atoms with Gasteiger partial charge in [0.15, 0.2) is 0 Å². The topological polar surface area (TPSA) is 54.9 Å². The van der Waals surface area contributed by atoms with Gasteiger partial charge in [-0.05, 0) is 30.3 Å². The fourth-order valence-electron chi connectivity index (χ4n) is 1.78. The second-order valence-electron chi connectivity index (χ2n) is 4.38. The van der Waals surface area contributed by atoms with Crippen molar-refractivity contribution in [3.63, 3.8) is 0 Å². The van der Waals surface area contributed by atoms with Crippen LogP contribution in [0.25, 0.3) is 10.6 Å². The summed E-state index contributed by atoms with van der Waals surface area (Å²) in [4.78, 5) is 12.1. The highest BCUT2D eigenvalue weighted by Gasteiger charge is 2.11. The van der Waals surface area contributed by atoms with Crippen LogP contribution >= 0.6 is 34.5 Å². The van der Waals surface area contributed by atoms with E-state index in [1.165, 1.54) is 11.3 Å². The minimum absolute atomic E-state index is 0.277. The van der Waals surface area contributed by atoms with Crippen LogP contribution in [0, 0.1) is 0 Å². The van der Waals surface area contributed by atoms with Crippen molar-refractivity contribution < 1.29 is 4.79 Å². The molecule has 4 nitrogen and oxygen atoms in total. The van der Waals surface area contributed by atoms with Gasteiger partial charge in [-0.3, -0.25) is 10.1 Å². The minimum Gasteiger partial charge on any atom is -0.296 e. The molecule has 3 rings (SSSR count). The maximum absolute atomic E-state index is 12.1. The van der Waals surface area contributed by atoms with Crippen molar-refractivity contribution in [2.24, 2.45) is 0 Å². The van der Waals surface area contributed by atoms with E-state index in [1.54, 1.807) is 36.4 Å². The molecule has 3 aromatic rings. The number of nitrogens with one attached hydrogen (secondary N) is 1. The van der Waals surface area contributed by atoms with Crippen LogP contribution < -0.4 is 5.32 Å². The lowest BCUT2D eigenvalue weighted by molar-refractivity contribution is 0.102. The van der Waals surface area contributed by atoms with Crippen molar-refractivity contribution in [2.75, 3.05) is 5.32 Å². The number of anilines is 1. The van der Waals surface area contributed by atoms with Crippen LogP contribution in [0.1, 0.15) is 10.4 Å². The van der Waals surface area contributed by atoms with Crippen molar-refractivity contribution >= 4 is 45.6 Å². The summed E-state index contributed by atoms with van der Waals surface area (Å²) in [6.45, 7) is 0. The Balaban J connectivity index is 1.77. The molecular weight excluding hydrogens is 341 g/mol. The largest absolute Gasteiger partial charge is 0.296 e. The Labute approximate surface area is 140 Å². The molecule has 0 aliphatic heterocycles. The second kappa shape index (κ2) is 6.44. The van der Waals surface area contributed by atoms with Gasteiger partial charge in [-0.1, -0.05) is 52.7 Å². The standard InChI is InChI=1S/C15H9Cl2N3OS/c16-11-6-4-9(5-7-11)14-19-20-15(22-14)18-13(21)10-2-1-3-12(17)8-10/h1-8H,(H,18,20,21). The lowest BCUT2D eigenvalue weighted by Crippen LogP contribution is -2.11. The molecule has 22 heavy (non-hydrogen) atoms. The molecule has 0 aliphatic carbocycles. The number of halogens is 2. The molecule has 0 atom stereocenters. The predicted octanol–water partition coefficient (Wildman–Crippen LogP) is 4.76. The number of hydrogen-bond donors (Lipinski definition) is 1. The van der Waals surface area contributed by atoms with Gasteiger partial charge >= 0.3 is 0 Å². The number of carbonyl (C=O) groups excluding carboxylic acids is 1. The van der Waals surface area contributed by atoms with Crippen molar-refractivity contribution in [2.45, 2.75) is 0 Å². The smallest absolute Gasteiger partial charge is 0.257 e. The third kappa shape index (κ3) is 3.44. The van der Waals surface area contributed by atoms with E-state index in [9.17, 15) is 4.79 Å². The van der Waals surface area contributed by atoms with E-state index >= 15 is 0 Å². The number of nitrogens with zero attached hydrogens (tertiary/aromatic N) is 2. The van der Waals surface area contributed by atoms with Crippen LogP contribution in [0.4, 0.5) is 5.13 Å². The van der Waals surface area contributed by atoms with Gasteiger partial charge in [-0.2, -0.15) is 0 Å². The molecule has 1 N–H and O–H groups in total. The van der Waals surface area contributed by atoms with Gasteiger partial charge in [-0.15, -0.1) is 10.2 Å². The zero-order valence-corrected chi connectivity index (χ0v) is 13.4. The van der Waals surface area contributed by atoms with Crippen molar-refractivity contribution in [3.05, 3.63) is 64.1 Å². The Morgan fingerprint density at radius 3 is 2.50 bits per heavy atom. The third-order valence-electron chi connectivity index (χ3n) is 2.82. The monoisotopic (exact) mass is 349 g/mol. The number of carbonyl (C=O) groups is 1. The lowest BCUT2D eigenvalue weighted by atomic mass is 10.2. The molecule has 0 aliphatic rings. The van der Waals surface area contributed by atoms with Crippen LogP contribution in [0.3, 0.4) is 0 Å². The quantitative estimate of drug-likeness (QED) is 0.741. The molecule has 0 fully saturated rings. The number of hydrogen-bond acceptors (Lipinski definition) is 4. The minimum atomic E-state index is -0.277. The Hall–Kier alpha value is -1.95. The van der Waals surface area contributed by atoms with Gasteiger partial charge in [0.1, 0.15) is 5.01 Å². The third-order valence-corrected chi connectivity index (χ3v) is 4.20. The maximum atomic E-state index is 12.1. The molecule has 0 saturated heterocycles. The average Bonchev–Trinajstić information content (AvgIpc) is 2.96. The number of rotatable bonds is 3. The molecule has 2 aromatic carbocycles. The summed E-state index contributed by atoms with van der Waals surface area (Å²) in [6.07, 6.45) is 0. The lowest BCUT2D eigenvalue weighted by Gasteiger charge is -2.01. The summed E-state index contributed by atoms with van der Waals surface area (Å²) in [6, 6.07) is 14.0. The molecule has 0 radical (unpaired) electrons. The van der Waals surface area contributed by atoms with Crippen LogP contribution in [0.5, 0.6) is 0 Å². The van der Waals surface area contributed by atoms with E-state index in [0.717, 1.165) is 5.56 Å². The number of aromatic nitrogens is 2. The summed E-state index contributed by atoms with van der Waals surface area (Å²) in [7, 11) is 0. The SMILES string of the molecule is O=C(Nc1nnc(-c2ccc(Cl)cc2)s1)c1cccc(Cl)c1. The summed E-state index contributed by atoms with van der Waals surface area (Å²) in [5.74, 6) is -0.277. The summed E-state index contributed by atoms with van der Waals surface area (Å²) in [5, 5.41) is 13.0. The Morgan fingerprint density at radius 1 is 1.00 bits per heavy atom. The van der Waals surface area contributed by atoms with Crippen molar-refractivity contribution in [1.29, 1.82) is 0 Å². The molecule has 1 amide bonds. The molecule has 0 spiro atoms. The van der Waals surface area contributed by atoms with E-state index in [-0.39, 0.29) is 5.91 Å². The van der Waals surface area contributed by atoms with Gasteiger partial charge in [0.05, 0.1) is 0 Å². The number of benzene rings is 2. The number of amides is 1. The second-order valence-corrected chi connectivity index (χ2v) is 6.23. The first-order valence-electron chi connectivity index (χ1n) is 6.28. The Bertz CT molecular complexity index is 818. The molecule has 0 saturated carbocycles. The maximum Gasteiger partial charge on any atom is 0.257 e. The van der Waals surface area contributed by atoms with Crippen LogP contribution in [-0.2, 0) is 0 Å². The van der Waals surface area contributed by atoms with Crippen LogP contribution in [-0.4, -0.2) is 16.1 Å². The van der Waals surface area contributed by atoms with Gasteiger partial charge in [0, 0.05) is 21.2 Å². The fraction of sp³-hybridized carbons (Fsp3) is 0. The van der Waals surface area contributed by atoms with E-state index in [4.69, 9.17) is 23.2 Å². The Morgan fingerprint density at radius 2 is 1.77 bits per heavy atom. The molecule has 0 bridgehead atoms. The Kier molecular flexibility index (Phi) is 4.38. The van der Waals surface area contributed by atoms with Gasteiger partial charge < -0.3 is 0 Å². The van der Waals surface area contributed by atoms with E-state index in [1.807, 2.05) is 12.1 Å². The van der Waals surface area contributed by atoms with Crippen molar-refractivity contribution in [1.82, 2.24) is 10.2 Å². The van der Waals surface area contributed by atoms with E-state index in [0.29, 0.717) is 25.7 Å². The van der Waals surface area contributed by atoms with E-state index < -0.39 is 0 Å². The zero-order chi connectivity index (χ0) is 15.5. The first-order chi connectivity index (χ1) is 10.6. The molecule has 110 valence electrons. The highest BCUT2D eigenvalue weighted by molar-refractivity contribution is 7.18. The van der Waals surface area contributed by atoms with Gasteiger partial charge in [0.25, 0.3) is 5.91 Å². The predicted molar refractivity (Wildman–Crippen MR) is 89.8 cm³/mol. The zero-order valence-electron chi connectivity index (χ0n) is 11.1. The molecule has 7 heteroatoms. The average molecular weight is 350 g/mol. The summed E-state index contributed by atoms with van der Waals surface area (Å²) >= 11 is 13.0. The molecular formula is C15H9Cl2N3OS. The van der Waals surface area contributed by atoms with Crippen LogP contribution in [0.15, 0.2) is 48.5 Å². The van der Waals surface area contributed by atoms with E-state index in [2.05, 4.69) is 15.5 Å². The first kappa shape index (κ1) is 15.0. The van der Waals surface area contributed by atoms with Crippen LogP contribution in [0.2, 0.25) is 10.0 Å². The molecule has 1 heterocycles. The first-order valence-corrected chi connectivity index (χ1v) is 7.85. The summed E-state index contributed by atoms with van der Waals surface area (Å²) in [5.41, 5.74) is 1.36. The van der Waals surface area contributed by atoms with Gasteiger partial charge in [-0.25, -0.2) is 0 Å².